The lowest BCUT2D eigenvalue weighted by Crippen LogP contribution is -2.51. The Bertz CT molecular complexity index is 1450. The molecule has 0 saturated heterocycles. The number of hydrogen-bond donors (Lipinski definition) is 4. The van der Waals surface area contributed by atoms with Crippen molar-refractivity contribution in [1.82, 2.24) is 25.6 Å². The number of aromatic nitrogens is 3. The van der Waals surface area contributed by atoms with Crippen LogP contribution in [0.3, 0.4) is 0 Å². The van der Waals surface area contributed by atoms with Crippen LogP contribution in [0.2, 0.25) is 0 Å². The second kappa shape index (κ2) is 13.7. The molecule has 2 aliphatic carbocycles. The number of hydrogen-bond acceptors (Lipinski definition) is 11. The normalized spacial score (nSPS) is 22.3. The van der Waals surface area contributed by atoms with Gasteiger partial charge in [0.15, 0.2) is 11.0 Å². The van der Waals surface area contributed by atoms with Gasteiger partial charge in [0.2, 0.25) is 5.91 Å². The number of ether oxygens (including phenoxy) is 3. The Hall–Kier alpha value is -3.39. The van der Waals surface area contributed by atoms with Gasteiger partial charge in [0.1, 0.15) is 18.0 Å². The molecule has 2 aromatic heterocycles. The van der Waals surface area contributed by atoms with Gasteiger partial charge in [-0.25, -0.2) is 19.7 Å². The van der Waals surface area contributed by atoms with E-state index in [4.69, 9.17) is 14.2 Å². The fourth-order valence-corrected chi connectivity index (χ4v) is 6.48. The average molecular weight is 627 g/mol. The van der Waals surface area contributed by atoms with Crippen LogP contribution in [0.1, 0.15) is 65.6 Å². The van der Waals surface area contributed by atoms with E-state index < -0.39 is 17.8 Å². The summed E-state index contributed by atoms with van der Waals surface area (Å²) in [6.07, 6.45) is 6.46. The van der Waals surface area contributed by atoms with Crippen molar-refractivity contribution in [2.45, 2.75) is 96.3 Å². The number of thiazole rings is 1. The first-order valence-corrected chi connectivity index (χ1v) is 15.9. The highest BCUT2D eigenvalue weighted by molar-refractivity contribution is 7.22. The maximum atomic E-state index is 13.0. The molecule has 0 radical (unpaired) electrons. The molecule has 44 heavy (non-hydrogen) atoms. The van der Waals surface area contributed by atoms with Gasteiger partial charge >= 0.3 is 6.09 Å². The maximum absolute atomic E-state index is 13.0. The van der Waals surface area contributed by atoms with E-state index in [0.717, 1.165) is 40.6 Å². The molecule has 2 fully saturated rings. The van der Waals surface area contributed by atoms with E-state index in [1.165, 1.54) is 11.3 Å². The van der Waals surface area contributed by atoms with Crippen LogP contribution in [-0.2, 0) is 20.9 Å². The molecule has 0 unspecified atom stereocenters. The number of nitrogens with one attached hydrogen (secondary N) is 3. The van der Waals surface area contributed by atoms with Gasteiger partial charge in [-0.05, 0) is 71.9 Å². The molecular weight excluding hydrogens is 584 g/mol. The summed E-state index contributed by atoms with van der Waals surface area (Å²) in [5.41, 5.74) is 1.80. The van der Waals surface area contributed by atoms with E-state index in [2.05, 4.69) is 30.9 Å². The number of anilines is 1. The minimum atomic E-state index is -0.537. The summed E-state index contributed by atoms with van der Waals surface area (Å²) in [7, 11) is 1.61. The van der Waals surface area contributed by atoms with Crippen LogP contribution in [0.25, 0.3) is 21.3 Å². The van der Waals surface area contributed by atoms with Gasteiger partial charge in [-0.2, -0.15) is 0 Å². The molecule has 0 spiro atoms. The molecule has 2 amide bonds. The van der Waals surface area contributed by atoms with Crippen LogP contribution in [-0.4, -0.2) is 75.6 Å². The number of rotatable bonds is 11. The fourth-order valence-electron chi connectivity index (χ4n) is 5.49. The van der Waals surface area contributed by atoms with E-state index in [1.807, 2.05) is 39.8 Å². The standard InChI is InChI=1S/C31H42N6O6S/c1-17(13-34-30(40)43-31(2,3)4)35-20-11-18(12-20)28(39)37-29-36-22-10-9-21(26(41-5)27(22)44-29)19-14-32-25(33-15-19)16-42-24-8-6-7-23(24)38/h9-10,14-15,17-18,20,23-24,35,38H,6-8,11-13,16H2,1-5H3,(H,34,40)(H,36,37,39)/t17-,18-,20+,23-,24-/m0/s1. The number of aliphatic hydroxyl groups is 1. The van der Waals surface area contributed by atoms with E-state index in [-0.39, 0.29) is 36.6 Å². The summed E-state index contributed by atoms with van der Waals surface area (Å²) in [4.78, 5) is 38.4. The molecule has 0 bridgehead atoms. The number of benzene rings is 1. The van der Waals surface area contributed by atoms with Crippen LogP contribution < -0.4 is 20.7 Å². The quantitative estimate of drug-likeness (QED) is 0.240. The topological polar surface area (TPSA) is 157 Å². The SMILES string of the molecule is COc1c(-c2cnc(CO[C@H]3CCC[C@@H]3O)nc2)ccc2nc(NC(=O)[C@H]3C[C@@H](N[C@@H](C)CNC(=O)OC(C)(C)C)C3)sc12. The number of nitrogens with zero attached hydrogens (tertiary/aromatic N) is 3. The van der Waals surface area contributed by atoms with Gasteiger partial charge in [0.05, 0.1) is 29.5 Å². The van der Waals surface area contributed by atoms with Gasteiger partial charge in [0.25, 0.3) is 0 Å². The first-order chi connectivity index (χ1) is 21.0. The molecule has 2 saturated carbocycles. The Labute approximate surface area is 261 Å². The Morgan fingerprint density at radius 3 is 2.57 bits per heavy atom. The van der Waals surface area contributed by atoms with Crippen molar-refractivity contribution in [3.05, 3.63) is 30.4 Å². The van der Waals surface area contributed by atoms with Crippen molar-refractivity contribution in [3.8, 4) is 16.9 Å². The molecule has 238 valence electrons. The molecule has 3 atom stereocenters. The number of amides is 2. The van der Waals surface area contributed by atoms with Crippen molar-refractivity contribution in [2.75, 3.05) is 19.0 Å². The molecule has 13 heteroatoms. The number of aliphatic hydroxyl groups excluding tert-OH is 1. The Balaban J connectivity index is 1.13. The summed E-state index contributed by atoms with van der Waals surface area (Å²) < 4.78 is 17.7. The lowest BCUT2D eigenvalue weighted by atomic mass is 9.79. The minimum absolute atomic E-state index is 0.0448. The zero-order chi connectivity index (χ0) is 31.4. The van der Waals surface area contributed by atoms with E-state index in [1.54, 1.807) is 19.5 Å². The third-order valence-corrected chi connectivity index (χ3v) is 8.77. The second-order valence-electron chi connectivity index (χ2n) is 12.6. The lowest BCUT2D eigenvalue weighted by molar-refractivity contribution is -0.123. The van der Waals surface area contributed by atoms with Crippen molar-refractivity contribution >= 4 is 38.7 Å². The predicted molar refractivity (Wildman–Crippen MR) is 168 cm³/mol. The van der Waals surface area contributed by atoms with Crippen molar-refractivity contribution < 1.29 is 28.9 Å². The van der Waals surface area contributed by atoms with Crippen LogP contribution >= 0.6 is 11.3 Å². The summed E-state index contributed by atoms with van der Waals surface area (Å²) in [6, 6.07) is 4.06. The van der Waals surface area contributed by atoms with Gasteiger partial charge in [-0.3, -0.25) is 4.79 Å². The third kappa shape index (κ3) is 8.00. The first kappa shape index (κ1) is 32.0. The summed E-state index contributed by atoms with van der Waals surface area (Å²) in [6.45, 7) is 8.16. The van der Waals surface area contributed by atoms with Crippen LogP contribution in [0.15, 0.2) is 24.5 Å². The molecular formula is C31H42N6O6S. The number of methoxy groups -OCH3 is 1. The molecule has 1 aromatic carbocycles. The highest BCUT2D eigenvalue weighted by atomic mass is 32.1. The molecule has 12 nitrogen and oxygen atoms in total. The second-order valence-corrected chi connectivity index (χ2v) is 13.6. The molecule has 2 heterocycles. The van der Waals surface area contributed by atoms with Gasteiger partial charge in [-0.15, -0.1) is 0 Å². The highest BCUT2D eigenvalue weighted by Gasteiger charge is 2.35. The lowest BCUT2D eigenvalue weighted by Gasteiger charge is -2.36. The van der Waals surface area contributed by atoms with E-state index in [9.17, 15) is 14.7 Å². The predicted octanol–water partition coefficient (Wildman–Crippen LogP) is 4.41. The molecule has 5 rings (SSSR count). The van der Waals surface area contributed by atoms with E-state index >= 15 is 0 Å². The Kier molecular flexibility index (Phi) is 9.98. The number of fused-ring (bicyclic) bond motifs is 1. The molecule has 4 N–H and O–H groups in total. The Morgan fingerprint density at radius 2 is 1.91 bits per heavy atom. The monoisotopic (exact) mass is 626 g/mol. The largest absolute Gasteiger partial charge is 0.495 e. The summed E-state index contributed by atoms with van der Waals surface area (Å²) in [5, 5.41) is 19.7. The maximum Gasteiger partial charge on any atom is 0.407 e. The molecule has 3 aromatic rings. The number of alkyl carbamates (subject to hydrolysis) is 1. The van der Waals surface area contributed by atoms with Crippen LogP contribution in [0, 0.1) is 5.92 Å². The summed E-state index contributed by atoms with van der Waals surface area (Å²) >= 11 is 1.37. The van der Waals surface area contributed by atoms with Crippen molar-refractivity contribution in [3.63, 3.8) is 0 Å². The zero-order valence-corrected chi connectivity index (χ0v) is 26.7. The zero-order valence-electron chi connectivity index (χ0n) is 25.9. The van der Waals surface area contributed by atoms with Gasteiger partial charge in [-0.1, -0.05) is 11.3 Å². The van der Waals surface area contributed by atoms with E-state index in [0.29, 0.717) is 36.1 Å². The van der Waals surface area contributed by atoms with Crippen LogP contribution in [0.4, 0.5) is 9.93 Å². The highest BCUT2D eigenvalue weighted by Crippen LogP contribution is 2.41. The third-order valence-electron chi connectivity index (χ3n) is 7.79. The first-order valence-electron chi connectivity index (χ1n) is 15.1. The van der Waals surface area contributed by atoms with Gasteiger partial charge in [0, 0.05) is 48.1 Å². The van der Waals surface area contributed by atoms with Crippen LogP contribution in [0.5, 0.6) is 5.75 Å². The smallest absolute Gasteiger partial charge is 0.407 e. The molecule has 0 aliphatic heterocycles. The average Bonchev–Trinajstić information content (AvgIpc) is 3.56. The minimum Gasteiger partial charge on any atom is -0.495 e. The number of carbonyl (C=O) groups excluding carboxylic acids is 2. The number of carbonyl (C=O) groups is 2. The summed E-state index contributed by atoms with van der Waals surface area (Å²) in [5.74, 6) is 1.02. The Morgan fingerprint density at radius 1 is 1.16 bits per heavy atom. The van der Waals surface area contributed by atoms with Crippen molar-refractivity contribution in [2.24, 2.45) is 5.92 Å². The van der Waals surface area contributed by atoms with Gasteiger partial charge < -0.3 is 35.3 Å². The molecule has 2 aliphatic rings. The fraction of sp³-hybridized carbons (Fsp3) is 0.581. The van der Waals surface area contributed by atoms with Crippen molar-refractivity contribution in [1.29, 1.82) is 0 Å².